The third kappa shape index (κ3) is 4.48. The van der Waals surface area contributed by atoms with Gasteiger partial charge in [0.2, 0.25) is 11.8 Å². The van der Waals surface area contributed by atoms with Crippen LogP contribution in [-0.4, -0.2) is 59.4 Å². The molecule has 0 aromatic rings. The van der Waals surface area contributed by atoms with Gasteiger partial charge in [-0.15, -0.1) is 0 Å². The van der Waals surface area contributed by atoms with Crippen molar-refractivity contribution in [1.29, 1.82) is 0 Å². The molecule has 1 unspecified atom stereocenters. The Kier molecular flexibility index (Phi) is 6.24. The first-order chi connectivity index (χ1) is 11.3. The molecule has 1 heterocycles. The van der Waals surface area contributed by atoms with E-state index in [2.05, 4.69) is 0 Å². The van der Waals surface area contributed by atoms with E-state index in [1.54, 1.807) is 11.9 Å². The molecule has 2 rings (SSSR count). The zero-order valence-electron chi connectivity index (χ0n) is 14.9. The molecule has 2 fully saturated rings. The molecule has 1 aliphatic carbocycles. The number of aliphatic carboxylic acids is 1. The van der Waals surface area contributed by atoms with Crippen LogP contribution in [0.2, 0.25) is 0 Å². The molecule has 1 N–H and O–H groups in total. The Labute approximate surface area is 144 Å². The summed E-state index contributed by atoms with van der Waals surface area (Å²) >= 11 is 0. The van der Waals surface area contributed by atoms with E-state index in [1.165, 1.54) is 17.7 Å². The molecule has 1 saturated carbocycles. The lowest BCUT2D eigenvalue weighted by molar-refractivity contribution is -0.149. The fraction of sp³-hybridized carbons (Fsp3) is 0.833. The summed E-state index contributed by atoms with van der Waals surface area (Å²) in [6, 6.07) is 0. The van der Waals surface area contributed by atoms with Crippen molar-refractivity contribution in [2.45, 2.75) is 58.3 Å². The largest absolute Gasteiger partial charge is 0.481 e. The van der Waals surface area contributed by atoms with Crippen LogP contribution >= 0.6 is 0 Å². The Hall–Kier alpha value is -1.59. The number of carboxylic acid groups (broad SMARTS) is 1. The first-order valence-corrected chi connectivity index (χ1v) is 9.09. The fourth-order valence-electron chi connectivity index (χ4n) is 3.96. The van der Waals surface area contributed by atoms with Gasteiger partial charge in [-0.3, -0.25) is 14.4 Å². The Morgan fingerprint density at radius 2 is 1.75 bits per heavy atom. The van der Waals surface area contributed by atoms with Gasteiger partial charge in [-0.1, -0.05) is 32.6 Å². The van der Waals surface area contributed by atoms with E-state index in [0.717, 1.165) is 25.7 Å². The number of carbonyl (C=O) groups is 3. The third-order valence-electron chi connectivity index (χ3n) is 5.57. The number of carboxylic acids is 1. The molecule has 2 amide bonds. The maximum Gasteiger partial charge on any atom is 0.308 e. The van der Waals surface area contributed by atoms with Crippen molar-refractivity contribution in [3.63, 3.8) is 0 Å². The van der Waals surface area contributed by atoms with Gasteiger partial charge in [0.1, 0.15) is 0 Å². The third-order valence-corrected chi connectivity index (χ3v) is 5.57. The molecular weight excluding hydrogens is 308 g/mol. The van der Waals surface area contributed by atoms with Gasteiger partial charge in [0.15, 0.2) is 0 Å². The van der Waals surface area contributed by atoms with Crippen molar-refractivity contribution in [2.75, 3.05) is 26.7 Å². The number of carbonyl (C=O) groups excluding carboxylic acids is 2. The van der Waals surface area contributed by atoms with Gasteiger partial charge in [0, 0.05) is 25.6 Å². The summed E-state index contributed by atoms with van der Waals surface area (Å²) in [6.07, 6.45) is 7.58. The van der Waals surface area contributed by atoms with Crippen LogP contribution in [0.4, 0.5) is 0 Å². The normalized spacial score (nSPS) is 24.1. The molecule has 24 heavy (non-hydrogen) atoms. The average Bonchev–Trinajstić information content (AvgIpc) is 2.79. The Morgan fingerprint density at radius 3 is 2.33 bits per heavy atom. The molecule has 1 saturated heterocycles. The molecule has 0 aromatic carbocycles. The fourth-order valence-corrected chi connectivity index (χ4v) is 3.96. The summed E-state index contributed by atoms with van der Waals surface area (Å²) < 4.78 is 0. The van der Waals surface area contributed by atoms with Gasteiger partial charge < -0.3 is 14.9 Å². The summed E-state index contributed by atoms with van der Waals surface area (Å²) in [6.45, 7) is 2.90. The predicted octanol–water partition coefficient (Wildman–Crippen LogP) is 2.13. The summed E-state index contributed by atoms with van der Waals surface area (Å²) in [7, 11) is 1.69. The molecule has 0 radical (unpaired) electrons. The van der Waals surface area contributed by atoms with Gasteiger partial charge in [0.25, 0.3) is 0 Å². The second-order valence-corrected chi connectivity index (χ2v) is 7.65. The number of hydrogen-bond donors (Lipinski definition) is 1. The number of piperidine rings is 1. The first kappa shape index (κ1) is 18.7. The van der Waals surface area contributed by atoms with Crippen molar-refractivity contribution in [3.05, 3.63) is 0 Å². The van der Waals surface area contributed by atoms with Crippen LogP contribution in [0.15, 0.2) is 0 Å². The summed E-state index contributed by atoms with van der Waals surface area (Å²) in [4.78, 5) is 39.6. The lowest BCUT2D eigenvalue weighted by Gasteiger charge is -2.35. The van der Waals surface area contributed by atoms with Crippen molar-refractivity contribution in [3.8, 4) is 0 Å². The quantitative estimate of drug-likeness (QED) is 0.797. The smallest absolute Gasteiger partial charge is 0.308 e. The van der Waals surface area contributed by atoms with Crippen molar-refractivity contribution >= 4 is 17.8 Å². The van der Waals surface area contributed by atoms with Crippen LogP contribution in [0.3, 0.4) is 0 Å². The number of rotatable bonds is 4. The zero-order valence-corrected chi connectivity index (χ0v) is 14.9. The maximum atomic E-state index is 12.8. The standard InChI is InChI=1S/C18H30N2O4/c1-18(9-5-3-4-6-10-18)17(24)19(2)13-15(21)20-11-7-8-14(12-20)16(22)23/h14H,3-13H2,1-2H3,(H,22,23). The van der Waals surface area contributed by atoms with Crippen molar-refractivity contribution in [2.24, 2.45) is 11.3 Å². The summed E-state index contributed by atoms with van der Waals surface area (Å²) in [5.41, 5.74) is -0.364. The molecule has 136 valence electrons. The average molecular weight is 338 g/mol. The number of hydrogen-bond acceptors (Lipinski definition) is 3. The topological polar surface area (TPSA) is 77.9 Å². The zero-order chi connectivity index (χ0) is 17.7. The predicted molar refractivity (Wildman–Crippen MR) is 90.4 cm³/mol. The van der Waals surface area contributed by atoms with Crippen molar-refractivity contribution < 1.29 is 19.5 Å². The molecule has 0 aromatic heterocycles. The molecule has 6 nitrogen and oxygen atoms in total. The molecule has 1 aliphatic heterocycles. The molecule has 6 heteroatoms. The lowest BCUT2D eigenvalue weighted by atomic mass is 9.81. The number of likely N-dealkylation sites (tertiary alicyclic amines) is 1. The number of nitrogens with zero attached hydrogens (tertiary/aromatic N) is 2. The number of amides is 2. The highest BCUT2D eigenvalue weighted by molar-refractivity contribution is 5.88. The molecule has 0 bridgehead atoms. The van der Waals surface area contributed by atoms with Gasteiger partial charge in [0.05, 0.1) is 12.5 Å². The van der Waals surface area contributed by atoms with E-state index in [0.29, 0.717) is 19.4 Å². The molecule has 1 atom stereocenters. The molecule has 2 aliphatic rings. The Balaban J connectivity index is 1.92. The molecule has 0 spiro atoms. The highest BCUT2D eigenvalue weighted by atomic mass is 16.4. The van der Waals surface area contributed by atoms with Crippen LogP contribution in [0, 0.1) is 11.3 Å². The first-order valence-electron chi connectivity index (χ1n) is 9.09. The van der Waals surface area contributed by atoms with E-state index < -0.39 is 11.9 Å². The van der Waals surface area contributed by atoms with Crippen LogP contribution < -0.4 is 0 Å². The Bertz CT molecular complexity index is 483. The van der Waals surface area contributed by atoms with E-state index in [9.17, 15) is 14.4 Å². The summed E-state index contributed by atoms with van der Waals surface area (Å²) in [5.74, 6) is -1.43. The van der Waals surface area contributed by atoms with E-state index >= 15 is 0 Å². The minimum atomic E-state index is -0.845. The van der Waals surface area contributed by atoms with Gasteiger partial charge in [-0.05, 0) is 25.7 Å². The number of likely N-dealkylation sites (N-methyl/N-ethyl adjacent to an activating group) is 1. The second-order valence-electron chi connectivity index (χ2n) is 7.65. The van der Waals surface area contributed by atoms with Crippen LogP contribution in [0.5, 0.6) is 0 Å². The Morgan fingerprint density at radius 1 is 1.12 bits per heavy atom. The van der Waals surface area contributed by atoms with Crippen LogP contribution in [0.25, 0.3) is 0 Å². The molecular formula is C18H30N2O4. The van der Waals surface area contributed by atoms with E-state index in [4.69, 9.17) is 5.11 Å². The van der Waals surface area contributed by atoms with Crippen LogP contribution in [-0.2, 0) is 14.4 Å². The SMILES string of the molecule is CN(CC(=O)N1CCCC(C(=O)O)C1)C(=O)C1(C)CCCCCC1. The monoisotopic (exact) mass is 338 g/mol. The second kappa shape index (κ2) is 7.99. The highest BCUT2D eigenvalue weighted by Crippen LogP contribution is 2.36. The lowest BCUT2D eigenvalue weighted by Crippen LogP contribution is -2.49. The summed E-state index contributed by atoms with van der Waals surface area (Å²) in [5, 5.41) is 9.14. The van der Waals surface area contributed by atoms with Crippen LogP contribution in [0.1, 0.15) is 58.3 Å². The van der Waals surface area contributed by atoms with Crippen molar-refractivity contribution in [1.82, 2.24) is 9.80 Å². The highest BCUT2D eigenvalue weighted by Gasteiger charge is 2.37. The van der Waals surface area contributed by atoms with Gasteiger partial charge >= 0.3 is 5.97 Å². The minimum absolute atomic E-state index is 0.0424. The van der Waals surface area contributed by atoms with E-state index in [1.807, 2.05) is 6.92 Å². The minimum Gasteiger partial charge on any atom is -0.481 e. The van der Waals surface area contributed by atoms with E-state index in [-0.39, 0.29) is 30.3 Å². The maximum absolute atomic E-state index is 12.8. The van der Waals surface area contributed by atoms with Gasteiger partial charge in [-0.2, -0.15) is 0 Å². The van der Waals surface area contributed by atoms with Gasteiger partial charge in [-0.25, -0.2) is 0 Å².